The highest BCUT2D eigenvalue weighted by atomic mass is 35.5. The summed E-state index contributed by atoms with van der Waals surface area (Å²) < 4.78 is 44.5. The van der Waals surface area contributed by atoms with Crippen molar-refractivity contribution in [2.75, 3.05) is 40.8 Å². The van der Waals surface area contributed by atoms with E-state index in [4.69, 9.17) is 56.4 Å². The Balaban J connectivity index is 1.05. The van der Waals surface area contributed by atoms with Gasteiger partial charge in [-0.05, 0) is 147 Å². The number of amides is 8. The van der Waals surface area contributed by atoms with Crippen LogP contribution in [0, 0.1) is 0 Å². The second kappa shape index (κ2) is 40.4. The summed E-state index contributed by atoms with van der Waals surface area (Å²) in [6, 6.07) is 5.68. The predicted molar refractivity (Wildman–Crippen MR) is 448 cm³/mol. The number of phenols is 4. The van der Waals surface area contributed by atoms with Crippen LogP contribution in [0.4, 0.5) is 0 Å². The Morgan fingerprint density at radius 3 is 1.89 bits per heavy atom. The van der Waals surface area contributed by atoms with Crippen molar-refractivity contribution >= 4 is 76.4 Å². The molecule has 18 atom stereocenters. The molecule has 127 heavy (non-hydrogen) atoms. The van der Waals surface area contributed by atoms with Gasteiger partial charge in [0.1, 0.15) is 131 Å². The van der Waals surface area contributed by atoms with Crippen molar-refractivity contribution in [3.63, 3.8) is 0 Å². The molecule has 0 aliphatic carbocycles. The molecule has 38 nitrogen and oxygen atoms in total. The van der Waals surface area contributed by atoms with Gasteiger partial charge in [-0.3, -0.25) is 38.4 Å². The second-order valence-electron chi connectivity index (χ2n) is 31.9. The van der Waals surface area contributed by atoms with E-state index in [1.807, 2.05) is 0 Å². The summed E-state index contributed by atoms with van der Waals surface area (Å²) in [6.45, 7) is 1.44. The third-order valence-electron chi connectivity index (χ3n) is 22.6. The lowest BCUT2D eigenvalue weighted by Gasteiger charge is -2.41. The van der Waals surface area contributed by atoms with Crippen LogP contribution in [-0.4, -0.2) is 234 Å². The summed E-state index contributed by atoms with van der Waals surface area (Å²) in [4.78, 5) is 140. The number of likely N-dealkylation sites (N-methyl/N-ethyl adjacent to an activating group) is 1. The van der Waals surface area contributed by atoms with Crippen molar-refractivity contribution in [1.82, 2.24) is 52.8 Å². The summed E-state index contributed by atoms with van der Waals surface area (Å²) in [7, 11) is 4.95. The number of aliphatic hydroxyl groups excluding tert-OH is 7. The number of rotatable bonds is 22. The Labute approximate surface area is 735 Å². The molecule has 2 fully saturated rings. The number of carboxylic acid groups (broad SMARTS) is 1. The molecule has 17 bridgehead atoms. The zero-order valence-corrected chi connectivity index (χ0v) is 70.4. The maximum absolute atomic E-state index is 16.8. The zero-order valence-electron chi connectivity index (χ0n) is 68.9. The van der Waals surface area contributed by atoms with Crippen molar-refractivity contribution in [2.24, 2.45) is 0 Å². The molecule has 40 heteroatoms. The Morgan fingerprint density at radius 1 is 0.551 bits per heavy atom. The number of ether oxygens (including phenoxy) is 7. The second-order valence-corrected chi connectivity index (χ2v) is 32.7. The number of aromatic hydroxyl groups is 4. The first kappa shape index (κ1) is 92.8. The lowest BCUT2D eigenvalue weighted by Crippen LogP contribution is -2.66. The van der Waals surface area contributed by atoms with E-state index in [9.17, 15) is 75.7 Å². The van der Waals surface area contributed by atoms with Gasteiger partial charge in [-0.2, -0.15) is 0 Å². The largest absolute Gasteiger partial charge is 0.508 e. The number of aliphatic hydroxyl groups is 7. The molecule has 0 spiro atoms. The highest BCUT2D eigenvalue weighted by molar-refractivity contribution is 6.33. The van der Waals surface area contributed by atoms with Crippen molar-refractivity contribution in [3.05, 3.63) is 164 Å². The normalized spacial score (nSPS) is 25.9. The van der Waals surface area contributed by atoms with Crippen LogP contribution >= 0.6 is 23.2 Å². The average Bonchev–Trinajstić information content (AvgIpc) is 0.744. The summed E-state index contributed by atoms with van der Waals surface area (Å²) in [5.74, 6) is -18.0. The molecular formula is C87H98Cl2N10O28. The molecule has 0 saturated carbocycles. The van der Waals surface area contributed by atoms with Gasteiger partial charge in [0, 0.05) is 48.2 Å². The molecule has 8 aliphatic rings. The number of phenolic OH excluding ortho intramolecular Hbond substituents is 4. The first-order valence-electron chi connectivity index (χ1n) is 41.1. The van der Waals surface area contributed by atoms with Crippen LogP contribution < -0.4 is 71.5 Å². The smallest absolute Gasteiger partial charge is 0.335 e. The van der Waals surface area contributed by atoms with Crippen molar-refractivity contribution in [2.45, 2.75) is 187 Å². The minimum absolute atomic E-state index is 0.0939. The molecular weight excluding hydrogens is 1700 g/mol. The molecule has 0 unspecified atom stereocenters. The molecule has 7 aromatic rings. The van der Waals surface area contributed by atoms with Crippen LogP contribution in [0.5, 0.6) is 69.0 Å². The minimum atomic E-state index is -2.45. The lowest BCUT2D eigenvalue weighted by molar-refractivity contribution is -0.277. The fourth-order valence-corrected chi connectivity index (χ4v) is 16.2. The number of fused-ring (bicyclic) bond motifs is 14. The van der Waals surface area contributed by atoms with Crippen LogP contribution in [0.1, 0.15) is 146 Å². The van der Waals surface area contributed by atoms with E-state index in [0.29, 0.717) is 24.9 Å². The van der Waals surface area contributed by atoms with E-state index in [1.165, 1.54) is 49.5 Å². The maximum Gasteiger partial charge on any atom is 0.335 e. The number of nitrogens with one attached hydrogen (secondary N) is 9. The highest BCUT2D eigenvalue weighted by Crippen LogP contribution is 2.51. The molecule has 7 aromatic carbocycles. The Kier molecular flexibility index (Phi) is 29.5. The first-order valence-corrected chi connectivity index (χ1v) is 41.9. The van der Waals surface area contributed by atoms with Gasteiger partial charge in [0.2, 0.25) is 65.6 Å². The quantitative estimate of drug-likeness (QED) is 0.0428. The monoisotopic (exact) mass is 1800 g/mol. The Morgan fingerprint density at radius 2 is 1.20 bits per heavy atom. The van der Waals surface area contributed by atoms with Gasteiger partial charge in [0.05, 0.1) is 16.7 Å². The van der Waals surface area contributed by atoms with E-state index in [-0.39, 0.29) is 47.8 Å². The van der Waals surface area contributed by atoms with Crippen LogP contribution in [0.2, 0.25) is 10.0 Å². The van der Waals surface area contributed by atoms with E-state index in [1.54, 1.807) is 19.0 Å². The molecule has 0 aromatic heterocycles. The number of halogens is 2. The Hall–Kier alpha value is -11.9. The van der Waals surface area contributed by atoms with Crippen LogP contribution in [0.15, 0.2) is 115 Å². The molecule has 0 radical (unpaired) electrons. The number of benzene rings is 7. The van der Waals surface area contributed by atoms with E-state index in [0.717, 1.165) is 111 Å². The molecule has 8 heterocycles. The van der Waals surface area contributed by atoms with Gasteiger partial charge in [0.25, 0.3) is 0 Å². The van der Waals surface area contributed by atoms with Gasteiger partial charge in [0.15, 0.2) is 29.1 Å². The number of carbonyl (C=O) groups is 9. The Bertz CT molecular complexity index is 5300. The van der Waals surface area contributed by atoms with Gasteiger partial charge >= 0.3 is 5.97 Å². The molecule has 8 amide bonds. The zero-order chi connectivity index (χ0) is 91.1. The minimum Gasteiger partial charge on any atom is -0.508 e. The third-order valence-corrected chi connectivity index (χ3v) is 23.3. The molecule has 21 N–H and O–H groups in total. The van der Waals surface area contributed by atoms with Crippen LogP contribution in [-0.2, 0) is 59.0 Å². The van der Waals surface area contributed by atoms with Crippen LogP contribution in [0.25, 0.3) is 11.1 Å². The molecule has 15 rings (SSSR count). The third kappa shape index (κ3) is 20.9. The van der Waals surface area contributed by atoms with Gasteiger partial charge in [-0.15, -0.1) is 0 Å². The van der Waals surface area contributed by atoms with Crippen molar-refractivity contribution < 1.29 is 138 Å². The fourth-order valence-electron chi connectivity index (χ4n) is 15.8. The number of unbranched alkanes of at least 4 members (excludes halogenated alkanes) is 7. The maximum atomic E-state index is 16.8. The number of carbonyl (C=O) groups excluding carboxylic acids is 8. The van der Waals surface area contributed by atoms with E-state index in [2.05, 4.69) is 54.8 Å². The number of hydrogen-bond acceptors (Lipinski definition) is 29. The van der Waals surface area contributed by atoms with Crippen molar-refractivity contribution in [1.29, 1.82) is 0 Å². The number of hydrogen-bond donors (Lipinski definition) is 21. The average molecular weight is 1800 g/mol. The number of aliphatic carboxylic acids is 1. The predicted octanol–water partition coefficient (Wildman–Crippen LogP) is 3.92. The number of carboxylic acids is 1. The fraction of sp³-hybridized carbons (Fsp3) is 0.414. The summed E-state index contributed by atoms with van der Waals surface area (Å²) >= 11 is 14.3. The van der Waals surface area contributed by atoms with Gasteiger partial charge in [-0.25, -0.2) is 4.79 Å². The topological polar surface area (TPSA) is 573 Å². The van der Waals surface area contributed by atoms with E-state index < -0.39 is 271 Å². The summed E-state index contributed by atoms with van der Waals surface area (Å²) in [5.41, 5.74) is -2.67. The summed E-state index contributed by atoms with van der Waals surface area (Å²) in [6.07, 6.45) is -14.7. The molecule has 2 saturated heterocycles. The van der Waals surface area contributed by atoms with Gasteiger partial charge < -0.3 is 147 Å². The summed E-state index contributed by atoms with van der Waals surface area (Å²) in [5, 5.41) is 161. The van der Waals surface area contributed by atoms with Crippen molar-refractivity contribution in [3.8, 4) is 80.1 Å². The molecule has 678 valence electrons. The van der Waals surface area contributed by atoms with E-state index >= 15 is 28.8 Å². The van der Waals surface area contributed by atoms with Gasteiger partial charge in [-0.1, -0.05) is 105 Å². The number of nitrogens with zero attached hydrogens (tertiary/aromatic N) is 1. The highest BCUT2D eigenvalue weighted by Gasteiger charge is 2.52. The lowest BCUT2D eigenvalue weighted by atomic mass is 9.89. The SMILES string of the molecule is CCCCCCCCCCC(=O)N[C@H]1[C@H](Oc2c3cc4cc2Oc2ccc(cc2Cl)[C@@H](O)[C@@H]2NC(=O)[C@H](NC(=O)[C@@H]4NC(=O)[C@H]4NC(=O)[C@@H](Cc5ccc(cc5)O3)NC(=O)[C@@H](NC)c3ccc(O)c(c3)Oc3cc(O)c(Cl)c4c3)c3ccc(O)c(c3)-c3c(O[C@H]4O[C@H](CO)[C@@H](O)[C@H](O)[C@@H]4O)cc(O)cc3[C@H](C(=O)NCCCN(C)C)NC2=O)O[C@H](C(=O)O)[C@@H](O)[C@@H]1O. The molecule has 8 aliphatic heterocycles. The first-order chi connectivity index (χ1) is 60.7. The van der Waals surface area contributed by atoms with Crippen LogP contribution in [0.3, 0.4) is 0 Å². The standard InChI is InChI=1S/C87H98Cl2N10O28/c1-5-6-7-8-9-10-11-12-14-60(105)93-69-72(108)74(110)77(85(119)120)127-86(69)126-76-57-31-42-32-58(76)123-54-24-19-41(29-49(54)88)70(106)68-84(118)97-66(79(113)91-25-13-26-99(3)4)47-33-43(101)34-56(124-87-75(111)73(109)71(107)59(37-100)125-87)61(47)46-28-39(17-22-51(46)102)64(81(115)98-68)94-82(116)65(42)95-83(117)67-48-35-45(36-53(104)62(48)89)122-55-30-40(18-23-52(55)103)63(90-2)80(114)92-50(78(112)96-67)27-38-15-20-44(121-57)21-16-38/h15-24,28-36,50,59,63-75,77,86-87,90,100-104,106-111H,5-14,25-27,37H2,1-4H3,(H,91,113)(H,92,114)(H,93,105)(H,94,116)(H,95,117)(H,96,112)(H,97,118)(H,98,115)(H,119,120)/t50-,59-,63+,64-,65-,66-,67+,68+,69-,70-,71-,72-,73+,74+,75+,77+,86-,87+/m1/s1.